The molecule has 2 aromatic carbocycles. The smallest absolute Gasteiger partial charge is 0.193 e. The van der Waals surface area contributed by atoms with Gasteiger partial charge in [0.2, 0.25) is 0 Å². The normalized spacial score (nSPS) is 10.8. The second-order valence-electron chi connectivity index (χ2n) is 5.64. The number of hydrogen-bond donors (Lipinski definition) is 0. The van der Waals surface area contributed by atoms with Crippen molar-refractivity contribution >= 4 is 21.7 Å². The van der Waals surface area contributed by atoms with Crippen LogP contribution in [-0.2, 0) is 6.42 Å². The Morgan fingerprint density at radius 3 is 2.50 bits per heavy atom. The average molecular weight is 331 g/mol. The standard InChI is InChI=1S/C18H19BrO/c1-12(2)7-14-5-4-6-15(10-14)18(20)16-8-13(3)9-17(19)11-16/h4-6,8-12H,7H2,1-3H3. The molecule has 2 rings (SSSR count). The number of benzene rings is 2. The molecule has 0 spiro atoms. The van der Waals surface area contributed by atoms with Gasteiger partial charge in [0.1, 0.15) is 0 Å². The highest BCUT2D eigenvalue weighted by atomic mass is 79.9. The van der Waals surface area contributed by atoms with Crippen molar-refractivity contribution in [2.75, 3.05) is 0 Å². The lowest BCUT2D eigenvalue weighted by atomic mass is 9.97. The third-order valence-corrected chi connectivity index (χ3v) is 3.60. The molecule has 0 aliphatic carbocycles. The minimum Gasteiger partial charge on any atom is -0.289 e. The van der Waals surface area contributed by atoms with Gasteiger partial charge in [-0.25, -0.2) is 0 Å². The Labute approximate surface area is 129 Å². The Kier molecular flexibility index (Phi) is 4.77. The van der Waals surface area contributed by atoms with Gasteiger partial charge in [-0.1, -0.05) is 48.0 Å². The lowest BCUT2D eigenvalue weighted by Crippen LogP contribution is -2.03. The van der Waals surface area contributed by atoms with Crippen LogP contribution in [0.2, 0.25) is 0 Å². The fraction of sp³-hybridized carbons (Fsp3) is 0.278. The molecule has 0 heterocycles. The molecule has 1 nitrogen and oxygen atoms in total. The molecule has 0 radical (unpaired) electrons. The van der Waals surface area contributed by atoms with Crippen LogP contribution in [0.5, 0.6) is 0 Å². The molecule has 0 saturated heterocycles. The summed E-state index contributed by atoms with van der Waals surface area (Å²) in [5.41, 5.74) is 3.80. The predicted octanol–water partition coefficient (Wildman–Crippen LogP) is 5.19. The van der Waals surface area contributed by atoms with Crippen LogP contribution in [0.25, 0.3) is 0 Å². The summed E-state index contributed by atoms with van der Waals surface area (Å²) in [5, 5.41) is 0. The fourth-order valence-corrected chi connectivity index (χ4v) is 2.95. The van der Waals surface area contributed by atoms with E-state index < -0.39 is 0 Å². The van der Waals surface area contributed by atoms with Crippen molar-refractivity contribution in [3.63, 3.8) is 0 Å². The van der Waals surface area contributed by atoms with E-state index in [0.29, 0.717) is 5.92 Å². The first-order chi connectivity index (χ1) is 9.45. The summed E-state index contributed by atoms with van der Waals surface area (Å²) in [4.78, 5) is 12.6. The van der Waals surface area contributed by atoms with E-state index in [4.69, 9.17) is 0 Å². The van der Waals surface area contributed by atoms with Crippen LogP contribution in [0.1, 0.15) is 40.9 Å². The van der Waals surface area contributed by atoms with Gasteiger partial charge in [-0.2, -0.15) is 0 Å². The first kappa shape index (κ1) is 15.0. The molecule has 104 valence electrons. The summed E-state index contributed by atoms with van der Waals surface area (Å²) in [7, 11) is 0. The van der Waals surface area contributed by atoms with Gasteiger partial charge < -0.3 is 0 Å². The highest BCUT2D eigenvalue weighted by Gasteiger charge is 2.11. The molecular formula is C18H19BrO. The first-order valence-corrected chi connectivity index (χ1v) is 7.66. The van der Waals surface area contributed by atoms with Gasteiger partial charge in [0.05, 0.1) is 0 Å². The van der Waals surface area contributed by atoms with Crippen LogP contribution < -0.4 is 0 Å². The summed E-state index contributed by atoms with van der Waals surface area (Å²) < 4.78 is 0.944. The summed E-state index contributed by atoms with van der Waals surface area (Å²) in [6.07, 6.45) is 0.999. The second kappa shape index (κ2) is 6.36. The zero-order valence-electron chi connectivity index (χ0n) is 12.1. The van der Waals surface area contributed by atoms with Crippen molar-refractivity contribution in [2.24, 2.45) is 5.92 Å². The lowest BCUT2D eigenvalue weighted by Gasteiger charge is -2.08. The molecule has 0 N–H and O–H groups in total. The largest absolute Gasteiger partial charge is 0.289 e. The molecule has 0 bridgehead atoms. The Hall–Kier alpha value is -1.41. The molecule has 0 fully saturated rings. The van der Waals surface area contributed by atoms with Gasteiger partial charge in [0.15, 0.2) is 5.78 Å². The number of ketones is 1. The van der Waals surface area contributed by atoms with Crippen LogP contribution in [0, 0.1) is 12.8 Å². The number of aryl methyl sites for hydroxylation is 1. The van der Waals surface area contributed by atoms with Crippen molar-refractivity contribution in [3.05, 3.63) is 69.2 Å². The number of halogens is 1. The molecule has 0 saturated carbocycles. The molecular weight excluding hydrogens is 312 g/mol. The zero-order chi connectivity index (χ0) is 14.7. The van der Waals surface area contributed by atoms with E-state index in [1.54, 1.807) is 0 Å². The molecule has 20 heavy (non-hydrogen) atoms. The van der Waals surface area contributed by atoms with Crippen LogP contribution in [0.15, 0.2) is 46.9 Å². The van der Waals surface area contributed by atoms with E-state index in [1.807, 2.05) is 43.3 Å². The Bertz CT molecular complexity index is 609. The third-order valence-electron chi connectivity index (χ3n) is 3.14. The topological polar surface area (TPSA) is 17.1 Å². The quantitative estimate of drug-likeness (QED) is 0.705. The van der Waals surface area contributed by atoms with Gasteiger partial charge in [-0.3, -0.25) is 4.79 Å². The summed E-state index contributed by atoms with van der Waals surface area (Å²) in [5.74, 6) is 0.675. The highest BCUT2D eigenvalue weighted by Crippen LogP contribution is 2.19. The van der Waals surface area contributed by atoms with Crippen LogP contribution in [0.4, 0.5) is 0 Å². The van der Waals surface area contributed by atoms with Gasteiger partial charge in [-0.15, -0.1) is 0 Å². The molecule has 0 aliphatic rings. The van der Waals surface area contributed by atoms with Crippen LogP contribution in [-0.4, -0.2) is 5.78 Å². The van der Waals surface area contributed by atoms with E-state index in [1.165, 1.54) is 5.56 Å². The maximum absolute atomic E-state index is 12.6. The number of hydrogen-bond acceptors (Lipinski definition) is 1. The number of carbonyl (C=O) groups excluding carboxylic acids is 1. The van der Waals surface area contributed by atoms with Gasteiger partial charge in [-0.05, 0) is 54.7 Å². The molecule has 2 aromatic rings. The minimum absolute atomic E-state index is 0.0833. The minimum atomic E-state index is 0.0833. The Morgan fingerprint density at radius 1 is 1.10 bits per heavy atom. The molecule has 0 aliphatic heterocycles. The van der Waals surface area contributed by atoms with Crippen molar-refractivity contribution in [3.8, 4) is 0 Å². The van der Waals surface area contributed by atoms with E-state index in [-0.39, 0.29) is 5.78 Å². The fourth-order valence-electron chi connectivity index (χ4n) is 2.35. The second-order valence-corrected chi connectivity index (χ2v) is 6.56. The third kappa shape index (κ3) is 3.80. The number of rotatable bonds is 4. The number of carbonyl (C=O) groups is 1. The lowest BCUT2D eigenvalue weighted by molar-refractivity contribution is 0.103. The predicted molar refractivity (Wildman–Crippen MR) is 87.3 cm³/mol. The van der Waals surface area contributed by atoms with E-state index in [0.717, 1.165) is 27.6 Å². The summed E-state index contributed by atoms with van der Waals surface area (Å²) in [6.45, 7) is 6.37. The SMILES string of the molecule is Cc1cc(Br)cc(C(=O)c2cccc(CC(C)C)c2)c1. The molecule has 0 amide bonds. The van der Waals surface area contributed by atoms with Crippen LogP contribution >= 0.6 is 15.9 Å². The molecule has 0 aromatic heterocycles. The monoisotopic (exact) mass is 330 g/mol. The van der Waals surface area contributed by atoms with Crippen molar-refractivity contribution in [1.29, 1.82) is 0 Å². The Morgan fingerprint density at radius 2 is 1.85 bits per heavy atom. The van der Waals surface area contributed by atoms with Crippen LogP contribution in [0.3, 0.4) is 0 Å². The van der Waals surface area contributed by atoms with E-state index in [2.05, 4.69) is 35.8 Å². The van der Waals surface area contributed by atoms with E-state index in [9.17, 15) is 4.79 Å². The molecule has 2 heteroatoms. The van der Waals surface area contributed by atoms with Gasteiger partial charge in [0, 0.05) is 15.6 Å². The average Bonchev–Trinajstić information content (AvgIpc) is 2.36. The maximum Gasteiger partial charge on any atom is 0.193 e. The summed E-state index contributed by atoms with van der Waals surface area (Å²) in [6, 6.07) is 13.8. The van der Waals surface area contributed by atoms with Crippen molar-refractivity contribution < 1.29 is 4.79 Å². The maximum atomic E-state index is 12.6. The molecule has 0 atom stereocenters. The summed E-state index contributed by atoms with van der Waals surface area (Å²) >= 11 is 3.45. The van der Waals surface area contributed by atoms with E-state index >= 15 is 0 Å². The van der Waals surface area contributed by atoms with Crippen molar-refractivity contribution in [1.82, 2.24) is 0 Å². The van der Waals surface area contributed by atoms with Gasteiger partial charge >= 0.3 is 0 Å². The zero-order valence-corrected chi connectivity index (χ0v) is 13.7. The Balaban J connectivity index is 2.33. The first-order valence-electron chi connectivity index (χ1n) is 6.86. The van der Waals surface area contributed by atoms with Gasteiger partial charge in [0.25, 0.3) is 0 Å². The van der Waals surface area contributed by atoms with Crippen molar-refractivity contribution in [2.45, 2.75) is 27.2 Å². The molecule has 0 unspecified atom stereocenters. The highest BCUT2D eigenvalue weighted by molar-refractivity contribution is 9.10.